The van der Waals surface area contributed by atoms with Gasteiger partial charge in [0, 0.05) is 41.1 Å². The van der Waals surface area contributed by atoms with Crippen molar-refractivity contribution in [3.8, 4) is 22.7 Å². The van der Waals surface area contributed by atoms with E-state index < -0.39 is 12.0 Å². The van der Waals surface area contributed by atoms with Crippen LogP contribution in [0.25, 0.3) is 27.8 Å². The van der Waals surface area contributed by atoms with E-state index in [-0.39, 0.29) is 5.92 Å². The first-order chi connectivity index (χ1) is 19.8. The molecule has 2 aromatic heterocycles. The molecule has 1 amide bonds. The number of hydrogen-bond donors (Lipinski definition) is 2. The Bertz CT molecular complexity index is 1670. The first kappa shape index (κ1) is 28.1. The summed E-state index contributed by atoms with van der Waals surface area (Å²) in [6.07, 6.45) is 1.29. The third kappa shape index (κ3) is 5.73. The number of aliphatic hydroxyl groups is 1. The van der Waals surface area contributed by atoms with Crippen molar-refractivity contribution in [1.29, 1.82) is 0 Å². The molecule has 3 aromatic carbocycles. The Morgan fingerprint density at radius 3 is 2.51 bits per heavy atom. The van der Waals surface area contributed by atoms with E-state index in [0.29, 0.717) is 36.8 Å². The molecule has 0 fully saturated rings. The van der Waals surface area contributed by atoms with E-state index in [2.05, 4.69) is 13.8 Å². The number of amides is 1. The molecule has 41 heavy (non-hydrogen) atoms. The summed E-state index contributed by atoms with van der Waals surface area (Å²) in [5.74, 6) is 0.133. The molecule has 0 spiro atoms. The Morgan fingerprint density at radius 1 is 1.02 bits per heavy atom. The fourth-order valence-corrected chi connectivity index (χ4v) is 5.18. The summed E-state index contributed by atoms with van der Waals surface area (Å²) in [5.41, 5.74) is 12.1. The van der Waals surface area contributed by atoms with E-state index in [9.17, 15) is 9.90 Å². The maximum atomic E-state index is 11.9. The Hall–Kier alpha value is -4.47. The fraction of sp³-hybridized carbons (Fsp3) is 0.281. The van der Waals surface area contributed by atoms with Crippen LogP contribution >= 0.6 is 0 Å². The van der Waals surface area contributed by atoms with Crippen molar-refractivity contribution >= 4 is 16.8 Å². The highest BCUT2D eigenvalue weighted by Crippen LogP contribution is 2.37. The number of nitrogens with zero attached hydrogens (tertiary/aromatic N) is 4. The van der Waals surface area contributed by atoms with Crippen molar-refractivity contribution in [1.82, 2.24) is 19.6 Å². The average Bonchev–Trinajstić information content (AvgIpc) is 3.53. The van der Waals surface area contributed by atoms with Crippen LogP contribution < -0.4 is 10.5 Å². The summed E-state index contributed by atoms with van der Waals surface area (Å²) in [5, 5.41) is 21.6. The molecule has 5 aromatic rings. The van der Waals surface area contributed by atoms with Crippen LogP contribution in [-0.4, -0.2) is 50.9 Å². The first-order valence-corrected chi connectivity index (χ1v) is 13.6. The number of methoxy groups -OCH3 is 1. The van der Waals surface area contributed by atoms with Gasteiger partial charge in [0.2, 0.25) is 5.91 Å². The molecule has 0 saturated carbocycles. The minimum atomic E-state index is -0.679. The molecule has 0 radical (unpaired) electrons. The van der Waals surface area contributed by atoms with Gasteiger partial charge in [-0.05, 0) is 42.7 Å². The molecule has 0 saturated heterocycles. The lowest BCUT2D eigenvalue weighted by Crippen LogP contribution is -2.13. The SMILES string of the molecule is COCCOc1cc(C(N)=O)ccc1-n1nc(-c2cccc3nn(C[C@H](O)c4ccccc4)cc23)c(C(C)C)c1C. The van der Waals surface area contributed by atoms with E-state index in [4.69, 9.17) is 25.4 Å². The van der Waals surface area contributed by atoms with Crippen molar-refractivity contribution < 1.29 is 19.4 Å². The summed E-state index contributed by atoms with van der Waals surface area (Å²) in [7, 11) is 1.61. The zero-order valence-corrected chi connectivity index (χ0v) is 23.7. The maximum Gasteiger partial charge on any atom is 0.248 e. The number of benzene rings is 3. The molecule has 2 heterocycles. The van der Waals surface area contributed by atoms with Gasteiger partial charge in [0.15, 0.2) is 0 Å². The predicted octanol–water partition coefficient (Wildman–Crippen LogP) is 5.18. The molecule has 9 heteroatoms. The third-order valence-electron chi connectivity index (χ3n) is 7.15. The van der Waals surface area contributed by atoms with Crippen LogP contribution in [0.1, 0.15) is 53.0 Å². The number of primary amides is 1. The molecule has 0 aliphatic rings. The second kappa shape index (κ2) is 12.0. The number of aliphatic hydroxyl groups excluding tert-OH is 1. The zero-order valence-electron chi connectivity index (χ0n) is 23.7. The Labute approximate surface area is 239 Å². The van der Waals surface area contributed by atoms with Crippen molar-refractivity contribution in [2.75, 3.05) is 20.3 Å². The summed E-state index contributed by atoms with van der Waals surface area (Å²) < 4.78 is 14.8. The van der Waals surface area contributed by atoms with Crippen LogP contribution in [0.3, 0.4) is 0 Å². The molecular formula is C32H35N5O4. The Kier molecular flexibility index (Phi) is 8.19. The smallest absolute Gasteiger partial charge is 0.248 e. The van der Waals surface area contributed by atoms with Crippen LogP contribution in [0.2, 0.25) is 0 Å². The third-order valence-corrected chi connectivity index (χ3v) is 7.15. The summed E-state index contributed by atoms with van der Waals surface area (Å²) >= 11 is 0. The van der Waals surface area contributed by atoms with Gasteiger partial charge < -0.3 is 20.3 Å². The topological polar surface area (TPSA) is 117 Å². The number of aromatic nitrogens is 4. The molecular weight excluding hydrogens is 518 g/mol. The number of ether oxygens (including phenoxy) is 2. The van der Waals surface area contributed by atoms with Gasteiger partial charge in [0.25, 0.3) is 0 Å². The molecule has 212 valence electrons. The van der Waals surface area contributed by atoms with Crippen LogP contribution in [0.4, 0.5) is 0 Å². The lowest BCUT2D eigenvalue weighted by molar-refractivity contribution is 0.0999. The molecule has 5 rings (SSSR count). The molecule has 0 bridgehead atoms. The molecule has 0 unspecified atom stereocenters. The second-order valence-corrected chi connectivity index (χ2v) is 10.3. The van der Waals surface area contributed by atoms with E-state index in [1.165, 1.54) is 0 Å². The van der Waals surface area contributed by atoms with Gasteiger partial charge in [-0.25, -0.2) is 4.68 Å². The Morgan fingerprint density at radius 2 is 1.80 bits per heavy atom. The average molecular weight is 554 g/mol. The van der Waals surface area contributed by atoms with Gasteiger partial charge in [-0.15, -0.1) is 0 Å². The van der Waals surface area contributed by atoms with E-state index in [1.54, 1.807) is 30.0 Å². The van der Waals surface area contributed by atoms with Gasteiger partial charge in [0.1, 0.15) is 18.0 Å². The number of nitrogens with two attached hydrogens (primary N) is 1. The maximum absolute atomic E-state index is 11.9. The van der Waals surface area contributed by atoms with Gasteiger partial charge in [-0.2, -0.15) is 10.2 Å². The number of carbonyl (C=O) groups is 1. The molecule has 0 aliphatic carbocycles. The zero-order chi connectivity index (χ0) is 29.1. The quantitative estimate of drug-likeness (QED) is 0.218. The molecule has 1 atom stereocenters. The second-order valence-electron chi connectivity index (χ2n) is 10.3. The standard InChI is InChI=1S/C32H35N5O4/c1-20(2)30-21(3)37(27-14-13-23(32(33)39)17-29(27)41-16-15-40-4)35-31(30)24-11-8-12-26-25(24)18-36(34-26)19-28(38)22-9-6-5-7-10-22/h5-14,17-18,20,28,38H,15-16,19H2,1-4H3,(H2,33,39)/t28-/m0/s1. The van der Waals surface area contributed by atoms with Gasteiger partial charge in [-0.1, -0.05) is 56.3 Å². The number of fused-ring (bicyclic) bond motifs is 1. The fourth-order valence-electron chi connectivity index (χ4n) is 5.18. The first-order valence-electron chi connectivity index (χ1n) is 13.6. The largest absolute Gasteiger partial charge is 0.489 e. The van der Waals surface area contributed by atoms with Crippen molar-refractivity contribution in [2.24, 2.45) is 5.73 Å². The highest BCUT2D eigenvalue weighted by Gasteiger charge is 2.24. The minimum Gasteiger partial charge on any atom is -0.489 e. The van der Waals surface area contributed by atoms with Crippen LogP contribution in [0.5, 0.6) is 5.75 Å². The lowest BCUT2D eigenvalue weighted by Gasteiger charge is -2.14. The van der Waals surface area contributed by atoms with Gasteiger partial charge in [0.05, 0.1) is 30.5 Å². The highest BCUT2D eigenvalue weighted by atomic mass is 16.5. The van der Waals surface area contributed by atoms with Gasteiger partial charge in [-0.3, -0.25) is 9.48 Å². The molecule has 3 N–H and O–H groups in total. The minimum absolute atomic E-state index is 0.173. The highest BCUT2D eigenvalue weighted by molar-refractivity contribution is 5.95. The van der Waals surface area contributed by atoms with Crippen molar-refractivity contribution in [3.05, 3.63) is 95.3 Å². The van der Waals surface area contributed by atoms with Crippen molar-refractivity contribution in [3.63, 3.8) is 0 Å². The number of carbonyl (C=O) groups excluding carboxylic acids is 1. The normalized spacial score (nSPS) is 12.2. The van der Waals surface area contributed by atoms with Crippen LogP contribution in [0.15, 0.2) is 72.9 Å². The molecule has 9 nitrogen and oxygen atoms in total. The van der Waals surface area contributed by atoms with Crippen LogP contribution in [0, 0.1) is 6.92 Å². The predicted molar refractivity (Wildman–Crippen MR) is 158 cm³/mol. The van der Waals surface area contributed by atoms with E-state index in [1.807, 2.05) is 66.3 Å². The van der Waals surface area contributed by atoms with E-state index in [0.717, 1.165) is 39.0 Å². The monoisotopic (exact) mass is 553 g/mol. The van der Waals surface area contributed by atoms with Crippen molar-refractivity contribution in [2.45, 2.75) is 39.3 Å². The van der Waals surface area contributed by atoms with E-state index >= 15 is 0 Å². The number of hydrogen-bond acceptors (Lipinski definition) is 6. The number of rotatable bonds is 11. The summed E-state index contributed by atoms with van der Waals surface area (Å²) in [6, 6.07) is 20.7. The molecule has 0 aliphatic heterocycles. The van der Waals surface area contributed by atoms with Gasteiger partial charge >= 0.3 is 0 Å². The summed E-state index contributed by atoms with van der Waals surface area (Å²) in [4.78, 5) is 11.9. The Balaban J connectivity index is 1.59. The van der Waals surface area contributed by atoms with Crippen LogP contribution in [-0.2, 0) is 11.3 Å². The summed E-state index contributed by atoms with van der Waals surface area (Å²) in [6.45, 7) is 7.35. The lowest BCUT2D eigenvalue weighted by atomic mass is 9.95.